The quantitative estimate of drug-likeness (QED) is 0.535. The summed E-state index contributed by atoms with van der Waals surface area (Å²) in [6.45, 7) is 1.89. The molecule has 3 rings (SSSR count). The number of nitrogens with one attached hydrogen (secondary N) is 1. The summed E-state index contributed by atoms with van der Waals surface area (Å²) in [5.74, 6) is -0.402. The Balaban J connectivity index is 1.75. The fourth-order valence-electron chi connectivity index (χ4n) is 2.47. The van der Waals surface area contributed by atoms with Gasteiger partial charge in [0, 0.05) is 10.9 Å². The molecule has 0 aliphatic rings. The number of hydrogen-bond acceptors (Lipinski definition) is 4. The van der Waals surface area contributed by atoms with E-state index in [-0.39, 0.29) is 11.6 Å². The maximum absolute atomic E-state index is 12.4. The van der Waals surface area contributed by atoms with Crippen molar-refractivity contribution in [2.45, 2.75) is 13.0 Å². The molecule has 0 aliphatic heterocycles. The molecule has 0 aliphatic carbocycles. The number of nitriles is 1. The van der Waals surface area contributed by atoms with E-state index < -0.39 is 5.91 Å². The van der Waals surface area contributed by atoms with Crippen LogP contribution in [0.2, 0.25) is 0 Å². The van der Waals surface area contributed by atoms with Crippen LogP contribution < -0.4 is 5.32 Å². The van der Waals surface area contributed by atoms with Gasteiger partial charge in [-0.3, -0.25) is 4.79 Å². The Kier molecular flexibility index (Phi) is 5.57. The molecule has 4 nitrogen and oxygen atoms in total. The number of nitrogens with zero attached hydrogens (tertiary/aromatic N) is 2. The predicted molar refractivity (Wildman–Crippen MR) is 104 cm³/mol. The molecule has 3 aromatic rings. The van der Waals surface area contributed by atoms with E-state index in [0.717, 1.165) is 16.8 Å². The summed E-state index contributed by atoms with van der Waals surface area (Å²) < 4.78 is 0. The van der Waals surface area contributed by atoms with E-state index >= 15 is 0 Å². The molecule has 1 N–H and O–H groups in total. The van der Waals surface area contributed by atoms with Gasteiger partial charge in [0.25, 0.3) is 5.91 Å². The molecule has 1 aromatic heterocycles. The van der Waals surface area contributed by atoms with Gasteiger partial charge >= 0.3 is 0 Å². The minimum atomic E-state index is -0.402. The van der Waals surface area contributed by atoms with Crippen LogP contribution in [-0.4, -0.2) is 10.9 Å². The standard InChI is InChI=1S/C21H17N3OS/c1-15(16-8-4-2-5-9-16)23-21(25)18(13-22)12-20-24-19(14-26-20)17-10-6-3-7-11-17/h2-12,14-15H,1H3,(H,23,25)/b18-12+. The third-order valence-electron chi connectivity index (χ3n) is 3.87. The lowest BCUT2D eigenvalue weighted by Gasteiger charge is -2.13. The number of amides is 1. The molecule has 1 heterocycles. The van der Waals surface area contributed by atoms with Gasteiger partial charge in [-0.25, -0.2) is 4.98 Å². The molecule has 0 bridgehead atoms. The smallest absolute Gasteiger partial charge is 0.262 e. The van der Waals surface area contributed by atoms with Crippen molar-refractivity contribution >= 4 is 23.3 Å². The van der Waals surface area contributed by atoms with Crippen molar-refractivity contribution in [1.82, 2.24) is 10.3 Å². The van der Waals surface area contributed by atoms with Gasteiger partial charge in [0.2, 0.25) is 0 Å². The van der Waals surface area contributed by atoms with Gasteiger partial charge in [0.1, 0.15) is 16.6 Å². The summed E-state index contributed by atoms with van der Waals surface area (Å²) in [6, 6.07) is 21.2. The average Bonchev–Trinajstić information content (AvgIpc) is 3.16. The molecule has 0 spiro atoms. The number of carbonyl (C=O) groups is 1. The second kappa shape index (κ2) is 8.24. The average molecular weight is 359 g/mol. The maximum atomic E-state index is 12.4. The summed E-state index contributed by atoms with van der Waals surface area (Å²) >= 11 is 1.40. The number of carbonyl (C=O) groups excluding carboxylic acids is 1. The van der Waals surface area contributed by atoms with Crippen LogP contribution in [-0.2, 0) is 4.79 Å². The van der Waals surface area contributed by atoms with Crippen molar-refractivity contribution in [3.63, 3.8) is 0 Å². The highest BCUT2D eigenvalue weighted by Crippen LogP contribution is 2.23. The molecule has 0 fully saturated rings. The van der Waals surface area contributed by atoms with Crippen LogP contribution in [0, 0.1) is 11.3 Å². The van der Waals surface area contributed by atoms with Crippen LogP contribution in [0.5, 0.6) is 0 Å². The van der Waals surface area contributed by atoms with E-state index in [1.54, 1.807) is 0 Å². The van der Waals surface area contributed by atoms with Crippen LogP contribution in [0.25, 0.3) is 17.3 Å². The molecule has 0 saturated carbocycles. The summed E-state index contributed by atoms with van der Waals surface area (Å²) in [4.78, 5) is 16.9. The SMILES string of the molecule is CC(NC(=O)/C(C#N)=C/c1nc(-c2ccccc2)cs1)c1ccccc1. The molecule has 1 amide bonds. The molecule has 5 heteroatoms. The molecule has 128 valence electrons. The van der Waals surface area contributed by atoms with E-state index in [4.69, 9.17) is 0 Å². The number of thiazole rings is 1. The van der Waals surface area contributed by atoms with Gasteiger partial charge in [0.15, 0.2) is 0 Å². The monoisotopic (exact) mass is 359 g/mol. The lowest BCUT2D eigenvalue weighted by Crippen LogP contribution is -2.27. The minimum Gasteiger partial charge on any atom is -0.345 e. The Labute approximate surface area is 156 Å². The van der Waals surface area contributed by atoms with Gasteiger partial charge in [0.05, 0.1) is 11.7 Å². The zero-order valence-corrected chi connectivity index (χ0v) is 15.0. The fraction of sp³-hybridized carbons (Fsp3) is 0.0952. The van der Waals surface area contributed by atoms with Crippen molar-refractivity contribution in [1.29, 1.82) is 5.26 Å². The molecule has 26 heavy (non-hydrogen) atoms. The number of aromatic nitrogens is 1. The van der Waals surface area contributed by atoms with Crippen molar-refractivity contribution in [3.05, 3.63) is 82.2 Å². The first kappa shape index (κ1) is 17.6. The number of benzene rings is 2. The first-order valence-corrected chi connectivity index (χ1v) is 9.04. The van der Waals surface area contributed by atoms with Crippen molar-refractivity contribution in [3.8, 4) is 17.3 Å². The topological polar surface area (TPSA) is 65.8 Å². The van der Waals surface area contributed by atoms with Crippen LogP contribution in [0.1, 0.15) is 23.5 Å². The van der Waals surface area contributed by atoms with Crippen molar-refractivity contribution < 1.29 is 4.79 Å². The Morgan fingerprint density at radius 2 is 1.81 bits per heavy atom. The summed E-state index contributed by atoms with van der Waals surface area (Å²) in [7, 11) is 0. The summed E-state index contributed by atoms with van der Waals surface area (Å²) in [5.41, 5.74) is 2.86. The first-order valence-electron chi connectivity index (χ1n) is 8.16. The second-order valence-electron chi connectivity index (χ2n) is 5.71. The Hall–Kier alpha value is -3.23. The lowest BCUT2D eigenvalue weighted by molar-refractivity contribution is -0.117. The van der Waals surface area contributed by atoms with E-state index in [1.165, 1.54) is 17.4 Å². The molecule has 2 aromatic carbocycles. The fourth-order valence-corrected chi connectivity index (χ4v) is 3.23. The van der Waals surface area contributed by atoms with Gasteiger partial charge < -0.3 is 5.32 Å². The van der Waals surface area contributed by atoms with E-state index in [9.17, 15) is 10.1 Å². The summed E-state index contributed by atoms with van der Waals surface area (Å²) in [5, 5.41) is 14.8. The zero-order valence-electron chi connectivity index (χ0n) is 14.2. The lowest BCUT2D eigenvalue weighted by atomic mass is 10.1. The predicted octanol–water partition coefficient (Wildman–Crippen LogP) is 4.59. The Morgan fingerprint density at radius 3 is 2.46 bits per heavy atom. The number of hydrogen-bond donors (Lipinski definition) is 1. The largest absolute Gasteiger partial charge is 0.345 e. The van der Waals surface area contributed by atoms with Crippen LogP contribution in [0.4, 0.5) is 0 Å². The minimum absolute atomic E-state index is 0.0433. The van der Waals surface area contributed by atoms with Crippen LogP contribution >= 0.6 is 11.3 Å². The van der Waals surface area contributed by atoms with Gasteiger partial charge in [-0.2, -0.15) is 5.26 Å². The third-order valence-corrected chi connectivity index (χ3v) is 4.66. The molecule has 1 atom stereocenters. The summed E-state index contributed by atoms with van der Waals surface area (Å²) in [6.07, 6.45) is 1.53. The van der Waals surface area contributed by atoms with Gasteiger partial charge in [-0.1, -0.05) is 60.7 Å². The van der Waals surface area contributed by atoms with E-state index in [1.807, 2.05) is 79.0 Å². The molecule has 0 radical (unpaired) electrons. The highest BCUT2D eigenvalue weighted by Gasteiger charge is 2.14. The number of rotatable bonds is 5. The van der Waals surface area contributed by atoms with Crippen LogP contribution in [0.3, 0.4) is 0 Å². The Morgan fingerprint density at radius 1 is 1.15 bits per heavy atom. The molecular weight excluding hydrogens is 342 g/mol. The highest BCUT2D eigenvalue weighted by molar-refractivity contribution is 7.10. The van der Waals surface area contributed by atoms with Crippen molar-refractivity contribution in [2.75, 3.05) is 0 Å². The molecular formula is C21H17N3OS. The first-order chi connectivity index (χ1) is 12.7. The molecule has 1 unspecified atom stereocenters. The normalized spacial score (nSPS) is 12.2. The molecule has 0 saturated heterocycles. The Bertz CT molecular complexity index is 956. The highest BCUT2D eigenvalue weighted by atomic mass is 32.1. The van der Waals surface area contributed by atoms with E-state index in [0.29, 0.717) is 5.01 Å². The van der Waals surface area contributed by atoms with Crippen LogP contribution in [0.15, 0.2) is 71.6 Å². The van der Waals surface area contributed by atoms with Gasteiger partial charge in [-0.15, -0.1) is 11.3 Å². The van der Waals surface area contributed by atoms with Crippen molar-refractivity contribution in [2.24, 2.45) is 0 Å². The third kappa shape index (κ3) is 4.24. The zero-order chi connectivity index (χ0) is 18.4. The maximum Gasteiger partial charge on any atom is 0.262 e. The van der Waals surface area contributed by atoms with E-state index in [2.05, 4.69) is 10.3 Å². The van der Waals surface area contributed by atoms with Gasteiger partial charge in [-0.05, 0) is 18.6 Å². The second-order valence-corrected chi connectivity index (χ2v) is 6.60.